The third-order valence-electron chi connectivity index (χ3n) is 6.14. The highest BCUT2D eigenvalue weighted by molar-refractivity contribution is 8.00. The Labute approximate surface area is 216 Å². The Morgan fingerprint density at radius 2 is 1.86 bits per heavy atom. The number of benzene rings is 1. The standard InChI is InChI=1S/C24H18F3N3O5S2/c1-2-35-15(31)11-29-22-19(37-23(29)34)16(12-6-5-9-28-10-12)17-18(36-22)21(33)30(20(17)32)14-8-4-3-7-13(14)24(25,26)27/h3-10,16-18H,2,11H2,1H3. The number of carbonyl (C=O) groups excluding carboxylic acids is 3. The Hall–Kier alpha value is -3.45. The van der Waals surface area contributed by atoms with Crippen molar-refractivity contribution in [3.63, 3.8) is 0 Å². The molecule has 3 unspecified atom stereocenters. The van der Waals surface area contributed by atoms with Gasteiger partial charge in [0.25, 0.3) is 0 Å². The van der Waals surface area contributed by atoms with Crippen molar-refractivity contribution in [3.8, 4) is 0 Å². The number of anilines is 1. The van der Waals surface area contributed by atoms with E-state index in [1.165, 1.54) is 29.1 Å². The number of aromatic nitrogens is 2. The molecule has 8 nitrogen and oxygen atoms in total. The quantitative estimate of drug-likeness (QED) is 0.354. The number of hydrogen-bond donors (Lipinski definition) is 0. The molecule has 13 heteroatoms. The number of pyridine rings is 1. The molecule has 0 saturated carbocycles. The molecule has 2 amide bonds. The summed E-state index contributed by atoms with van der Waals surface area (Å²) in [6.07, 6.45) is -1.79. The Bertz CT molecular complexity index is 1450. The first-order valence-electron chi connectivity index (χ1n) is 11.1. The zero-order valence-electron chi connectivity index (χ0n) is 19.1. The van der Waals surface area contributed by atoms with Crippen LogP contribution in [-0.4, -0.2) is 39.2 Å². The van der Waals surface area contributed by atoms with E-state index in [1.54, 1.807) is 19.1 Å². The van der Waals surface area contributed by atoms with E-state index in [2.05, 4.69) is 4.98 Å². The number of esters is 1. The molecule has 2 aromatic heterocycles. The zero-order valence-corrected chi connectivity index (χ0v) is 20.7. The van der Waals surface area contributed by atoms with Gasteiger partial charge in [-0.3, -0.25) is 28.7 Å². The lowest BCUT2D eigenvalue weighted by molar-refractivity contribution is -0.144. The Balaban J connectivity index is 1.65. The van der Waals surface area contributed by atoms with Crippen molar-refractivity contribution >= 4 is 46.6 Å². The van der Waals surface area contributed by atoms with E-state index < -0.39 is 63.7 Å². The SMILES string of the molecule is CCOC(=O)Cn1c2c(sc1=O)C(c1cccnc1)C1C(=O)N(c3ccccc3C(F)(F)F)C(=O)C1S2. The summed E-state index contributed by atoms with van der Waals surface area (Å²) >= 11 is 1.73. The van der Waals surface area contributed by atoms with Gasteiger partial charge in [-0.2, -0.15) is 13.2 Å². The van der Waals surface area contributed by atoms with Gasteiger partial charge in [0.15, 0.2) is 0 Å². The van der Waals surface area contributed by atoms with Gasteiger partial charge in [-0.25, -0.2) is 4.90 Å². The van der Waals surface area contributed by atoms with Crippen LogP contribution in [0.5, 0.6) is 0 Å². The zero-order chi connectivity index (χ0) is 26.5. The highest BCUT2D eigenvalue weighted by Crippen LogP contribution is 2.54. The number of para-hydroxylation sites is 1. The Morgan fingerprint density at radius 1 is 1.11 bits per heavy atom. The first-order chi connectivity index (χ1) is 17.6. The summed E-state index contributed by atoms with van der Waals surface area (Å²) in [5.74, 6) is -4.17. The number of ether oxygens (including phenoxy) is 1. The van der Waals surface area contributed by atoms with Gasteiger partial charge >= 0.3 is 17.0 Å². The highest BCUT2D eigenvalue weighted by atomic mass is 32.2. The predicted molar refractivity (Wildman–Crippen MR) is 128 cm³/mol. The van der Waals surface area contributed by atoms with Gasteiger partial charge in [-0.15, -0.1) is 0 Å². The minimum atomic E-state index is -4.79. The Kier molecular flexibility index (Phi) is 6.44. The molecule has 1 aromatic carbocycles. The van der Waals surface area contributed by atoms with E-state index >= 15 is 0 Å². The van der Waals surface area contributed by atoms with Crippen molar-refractivity contribution in [2.45, 2.75) is 35.8 Å². The number of carbonyl (C=O) groups is 3. The monoisotopic (exact) mass is 549 g/mol. The van der Waals surface area contributed by atoms with Crippen LogP contribution in [0.1, 0.15) is 28.8 Å². The van der Waals surface area contributed by atoms with E-state index in [1.807, 2.05) is 0 Å². The van der Waals surface area contributed by atoms with Crippen molar-refractivity contribution < 1.29 is 32.3 Å². The summed E-state index contributed by atoms with van der Waals surface area (Å²) in [6, 6.07) is 7.72. The lowest BCUT2D eigenvalue weighted by atomic mass is 9.84. The van der Waals surface area contributed by atoms with Gasteiger partial charge in [-0.1, -0.05) is 41.3 Å². The number of fused-ring (bicyclic) bond motifs is 2. The molecule has 5 rings (SSSR count). The second-order valence-electron chi connectivity index (χ2n) is 8.28. The fraction of sp³-hybridized carbons (Fsp3) is 0.292. The fourth-order valence-electron chi connectivity index (χ4n) is 4.66. The lowest BCUT2D eigenvalue weighted by Gasteiger charge is -2.30. The van der Waals surface area contributed by atoms with Crippen molar-refractivity contribution in [1.29, 1.82) is 0 Å². The number of thioether (sulfide) groups is 1. The summed E-state index contributed by atoms with van der Waals surface area (Å²) in [4.78, 5) is 57.0. The average molecular weight is 550 g/mol. The summed E-state index contributed by atoms with van der Waals surface area (Å²) in [6.45, 7) is 1.33. The maximum absolute atomic E-state index is 13.8. The number of amides is 2. The van der Waals surface area contributed by atoms with Crippen LogP contribution < -0.4 is 9.77 Å². The third-order valence-corrected chi connectivity index (χ3v) is 8.74. The summed E-state index contributed by atoms with van der Waals surface area (Å²) in [7, 11) is 0. The predicted octanol–water partition coefficient (Wildman–Crippen LogP) is 3.68. The minimum Gasteiger partial charge on any atom is -0.465 e. The molecule has 0 aliphatic carbocycles. The molecule has 1 saturated heterocycles. The highest BCUT2D eigenvalue weighted by Gasteiger charge is 2.57. The number of imide groups is 1. The molecule has 0 radical (unpaired) electrons. The molecule has 2 aliphatic heterocycles. The summed E-state index contributed by atoms with van der Waals surface area (Å²) in [5, 5.41) is -0.806. The van der Waals surface area contributed by atoms with Gasteiger partial charge in [-0.05, 0) is 30.7 Å². The van der Waals surface area contributed by atoms with E-state index in [9.17, 15) is 32.3 Å². The van der Waals surface area contributed by atoms with Gasteiger partial charge in [0.05, 0.1) is 28.8 Å². The first kappa shape index (κ1) is 25.2. The molecule has 192 valence electrons. The van der Waals surface area contributed by atoms with E-state index in [4.69, 9.17) is 4.74 Å². The molecular formula is C24H18F3N3O5S2. The third kappa shape index (κ3) is 4.25. The van der Waals surface area contributed by atoms with Crippen LogP contribution >= 0.6 is 23.1 Å². The normalized spacial score (nSPS) is 21.1. The molecule has 37 heavy (non-hydrogen) atoms. The largest absolute Gasteiger partial charge is 0.465 e. The maximum atomic E-state index is 13.8. The molecule has 0 bridgehead atoms. The average Bonchev–Trinajstić information content (AvgIpc) is 3.30. The second kappa shape index (κ2) is 9.45. The van der Waals surface area contributed by atoms with Crippen LogP contribution in [-0.2, 0) is 31.8 Å². The van der Waals surface area contributed by atoms with Gasteiger partial charge < -0.3 is 4.74 Å². The van der Waals surface area contributed by atoms with Crippen LogP contribution in [0.2, 0.25) is 0 Å². The molecular weight excluding hydrogens is 531 g/mol. The number of alkyl halides is 3. The van der Waals surface area contributed by atoms with E-state index in [0.29, 0.717) is 20.4 Å². The van der Waals surface area contributed by atoms with Crippen LogP contribution in [0.4, 0.5) is 18.9 Å². The van der Waals surface area contributed by atoms with Gasteiger partial charge in [0.1, 0.15) is 11.8 Å². The van der Waals surface area contributed by atoms with Crippen molar-refractivity contribution in [2.24, 2.45) is 5.92 Å². The molecule has 2 aliphatic rings. The van der Waals surface area contributed by atoms with Crippen LogP contribution in [0.25, 0.3) is 0 Å². The molecule has 3 atom stereocenters. The summed E-state index contributed by atoms with van der Waals surface area (Å²) in [5.41, 5.74) is -1.12. The summed E-state index contributed by atoms with van der Waals surface area (Å²) < 4.78 is 47.5. The molecule has 0 spiro atoms. The number of hydrogen-bond acceptors (Lipinski definition) is 8. The maximum Gasteiger partial charge on any atom is 0.418 e. The number of nitrogens with zero attached hydrogens (tertiary/aromatic N) is 3. The second-order valence-corrected chi connectivity index (χ2v) is 10.4. The smallest absolute Gasteiger partial charge is 0.418 e. The lowest BCUT2D eigenvalue weighted by Crippen LogP contribution is -2.33. The number of halogens is 3. The molecule has 4 heterocycles. The molecule has 0 N–H and O–H groups in total. The number of rotatable bonds is 5. The van der Waals surface area contributed by atoms with E-state index in [0.717, 1.165) is 35.2 Å². The molecule has 3 aromatic rings. The van der Waals surface area contributed by atoms with Crippen LogP contribution in [0, 0.1) is 5.92 Å². The van der Waals surface area contributed by atoms with Gasteiger partial charge in [0, 0.05) is 23.2 Å². The van der Waals surface area contributed by atoms with Crippen LogP contribution in [0.3, 0.4) is 0 Å². The van der Waals surface area contributed by atoms with Crippen molar-refractivity contribution in [1.82, 2.24) is 9.55 Å². The molecule has 1 fully saturated rings. The van der Waals surface area contributed by atoms with Crippen LogP contribution in [0.15, 0.2) is 58.6 Å². The first-order valence-corrected chi connectivity index (χ1v) is 12.8. The minimum absolute atomic E-state index is 0.108. The number of thiazole rings is 1. The van der Waals surface area contributed by atoms with E-state index in [-0.39, 0.29) is 6.61 Å². The van der Waals surface area contributed by atoms with Gasteiger partial charge in [0.2, 0.25) is 11.8 Å². The van der Waals surface area contributed by atoms with Crippen molar-refractivity contribution in [3.05, 3.63) is 74.5 Å². The fourth-order valence-corrected chi connectivity index (χ4v) is 7.43. The topological polar surface area (TPSA) is 98.6 Å². The Morgan fingerprint density at radius 3 is 2.54 bits per heavy atom. The van der Waals surface area contributed by atoms with Crippen molar-refractivity contribution in [2.75, 3.05) is 11.5 Å².